The number of nitrogens with one attached hydrogen (secondary N) is 2. The molecule has 6 heteroatoms. The molecule has 0 unspecified atom stereocenters. The Balaban J connectivity index is 1.68. The van der Waals surface area contributed by atoms with E-state index in [0.717, 1.165) is 12.8 Å². The Morgan fingerprint density at radius 1 is 1.30 bits per heavy atom. The molecule has 1 amide bonds. The van der Waals surface area contributed by atoms with E-state index in [1.807, 2.05) is 0 Å². The van der Waals surface area contributed by atoms with Crippen molar-refractivity contribution in [3.63, 3.8) is 0 Å². The number of benzene rings is 1. The van der Waals surface area contributed by atoms with Crippen molar-refractivity contribution in [3.8, 4) is 0 Å². The van der Waals surface area contributed by atoms with Gasteiger partial charge in [0.25, 0.3) is 0 Å². The van der Waals surface area contributed by atoms with E-state index in [2.05, 4.69) is 10.6 Å². The predicted molar refractivity (Wildman–Crippen MR) is 90.1 cm³/mol. The fourth-order valence-corrected chi connectivity index (χ4v) is 4.61. The molecule has 3 atom stereocenters. The van der Waals surface area contributed by atoms with Crippen molar-refractivity contribution in [1.82, 2.24) is 5.32 Å². The number of sulfone groups is 1. The lowest BCUT2D eigenvalue weighted by Gasteiger charge is -2.24. The molecular weight excluding hydrogens is 312 g/mol. The molecule has 1 saturated carbocycles. The molecule has 1 aliphatic heterocycles. The van der Waals surface area contributed by atoms with Crippen molar-refractivity contribution in [1.29, 1.82) is 0 Å². The van der Waals surface area contributed by atoms with Crippen molar-refractivity contribution >= 4 is 21.4 Å². The van der Waals surface area contributed by atoms with E-state index < -0.39 is 9.84 Å². The molecule has 1 heterocycles. The lowest BCUT2D eigenvalue weighted by atomic mass is 9.85. The maximum atomic E-state index is 12.5. The van der Waals surface area contributed by atoms with E-state index in [1.165, 1.54) is 19.3 Å². The van der Waals surface area contributed by atoms with Crippen LogP contribution < -0.4 is 10.6 Å². The smallest absolute Gasteiger partial charge is 0.241 e. The molecule has 126 valence electrons. The average molecular weight is 336 g/mol. The summed E-state index contributed by atoms with van der Waals surface area (Å²) in [7, 11) is -3.26. The first-order valence-electron chi connectivity index (χ1n) is 8.39. The lowest BCUT2D eigenvalue weighted by molar-refractivity contribution is -0.117. The van der Waals surface area contributed by atoms with Gasteiger partial charge in [0.05, 0.1) is 16.7 Å². The van der Waals surface area contributed by atoms with Gasteiger partial charge in [-0.15, -0.1) is 0 Å². The molecule has 5 nitrogen and oxygen atoms in total. The zero-order valence-electron chi connectivity index (χ0n) is 13.4. The van der Waals surface area contributed by atoms with E-state index in [0.29, 0.717) is 17.6 Å². The number of fused-ring (bicyclic) bond motifs is 1. The van der Waals surface area contributed by atoms with Gasteiger partial charge in [0, 0.05) is 11.7 Å². The maximum Gasteiger partial charge on any atom is 0.241 e. The van der Waals surface area contributed by atoms with E-state index in [1.54, 1.807) is 31.2 Å². The molecule has 1 aromatic carbocycles. The molecule has 2 fully saturated rings. The third-order valence-corrected chi connectivity index (χ3v) is 6.75. The molecule has 1 aliphatic carbocycles. The summed E-state index contributed by atoms with van der Waals surface area (Å²) in [5.41, 5.74) is 0.543. The van der Waals surface area contributed by atoms with Gasteiger partial charge >= 0.3 is 0 Å². The highest BCUT2D eigenvalue weighted by molar-refractivity contribution is 7.91. The molecule has 2 N–H and O–H groups in total. The highest BCUT2D eigenvalue weighted by Crippen LogP contribution is 2.33. The number of hydrogen-bond donors (Lipinski definition) is 2. The number of hydrogen-bond acceptors (Lipinski definition) is 4. The fraction of sp³-hybridized carbons (Fsp3) is 0.588. The Hall–Kier alpha value is -1.40. The molecule has 0 aromatic heterocycles. The SMILES string of the molecule is CCS(=O)(=O)c1cccc(NC(=O)[C@@H]2C[C@@H]3CCCC[C@@H]3N2)c1. The third-order valence-electron chi connectivity index (χ3n) is 5.02. The van der Waals surface area contributed by atoms with Gasteiger partial charge in [-0.3, -0.25) is 4.79 Å². The van der Waals surface area contributed by atoms with E-state index in [9.17, 15) is 13.2 Å². The van der Waals surface area contributed by atoms with Crippen LogP contribution >= 0.6 is 0 Å². The topological polar surface area (TPSA) is 75.3 Å². The van der Waals surface area contributed by atoms with Crippen LogP contribution in [-0.2, 0) is 14.6 Å². The van der Waals surface area contributed by atoms with Gasteiger partial charge in [0.1, 0.15) is 0 Å². The Morgan fingerprint density at radius 2 is 2.09 bits per heavy atom. The van der Waals surface area contributed by atoms with Gasteiger partial charge in [-0.1, -0.05) is 25.8 Å². The second-order valence-electron chi connectivity index (χ2n) is 6.53. The largest absolute Gasteiger partial charge is 0.325 e. The Bertz CT molecular complexity index is 673. The maximum absolute atomic E-state index is 12.5. The van der Waals surface area contributed by atoms with Gasteiger partial charge in [0.15, 0.2) is 9.84 Å². The van der Waals surface area contributed by atoms with Crippen LogP contribution in [0.25, 0.3) is 0 Å². The van der Waals surface area contributed by atoms with Gasteiger partial charge < -0.3 is 10.6 Å². The monoisotopic (exact) mass is 336 g/mol. The summed E-state index contributed by atoms with van der Waals surface area (Å²) in [5.74, 6) is 0.592. The van der Waals surface area contributed by atoms with E-state index >= 15 is 0 Å². The molecule has 0 radical (unpaired) electrons. The highest BCUT2D eigenvalue weighted by Gasteiger charge is 2.38. The number of carbonyl (C=O) groups is 1. The molecule has 1 saturated heterocycles. The second-order valence-corrected chi connectivity index (χ2v) is 8.80. The molecule has 3 rings (SSSR count). The van der Waals surface area contributed by atoms with Crippen molar-refractivity contribution in [2.45, 2.75) is 56.0 Å². The summed E-state index contributed by atoms with van der Waals surface area (Å²) in [6.07, 6.45) is 5.72. The third kappa shape index (κ3) is 3.58. The first kappa shape index (κ1) is 16.5. The van der Waals surface area contributed by atoms with Gasteiger partial charge in [0.2, 0.25) is 5.91 Å². The molecule has 1 aromatic rings. The first-order valence-corrected chi connectivity index (χ1v) is 10.0. The quantitative estimate of drug-likeness (QED) is 0.885. The average Bonchev–Trinajstić information content (AvgIpc) is 2.99. The van der Waals surface area contributed by atoms with Crippen LogP contribution in [0.5, 0.6) is 0 Å². The van der Waals surface area contributed by atoms with Crippen LogP contribution in [0.3, 0.4) is 0 Å². The summed E-state index contributed by atoms with van der Waals surface area (Å²) in [4.78, 5) is 12.7. The molecule has 0 spiro atoms. The van der Waals surface area contributed by atoms with Crippen LogP contribution in [0.1, 0.15) is 39.0 Å². The molecule has 2 aliphatic rings. The van der Waals surface area contributed by atoms with Crippen LogP contribution in [0.4, 0.5) is 5.69 Å². The molecular formula is C17H24N2O3S. The van der Waals surface area contributed by atoms with Crippen LogP contribution in [0.2, 0.25) is 0 Å². The molecule has 23 heavy (non-hydrogen) atoms. The van der Waals surface area contributed by atoms with Crippen molar-refractivity contribution in [3.05, 3.63) is 24.3 Å². The minimum absolute atomic E-state index is 0.0535. The Morgan fingerprint density at radius 3 is 2.83 bits per heavy atom. The van der Waals surface area contributed by atoms with Crippen molar-refractivity contribution in [2.24, 2.45) is 5.92 Å². The number of anilines is 1. The summed E-state index contributed by atoms with van der Waals surface area (Å²) >= 11 is 0. The molecule has 0 bridgehead atoms. The highest BCUT2D eigenvalue weighted by atomic mass is 32.2. The minimum Gasteiger partial charge on any atom is -0.325 e. The second kappa shape index (κ2) is 6.61. The van der Waals surface area contributed by atoms with Crippen LogP contribution in [0, 0.1) is 5.92 Å². The van der Waals surface area contributed by atoms with Gasteiger partial charge in [-0.05, 0) is 43.4 Å². The normalized spacial score (nSPS) is 27.4. The summed E-state index contributed by atoms with van der Waals surface area (Å²) < 4.78 is 23.9. The summed E-state index contributed by atoms with van der Waals surface area (Å²) in [6, 6.07) is 6.80. The first-order chi connectivity index (χ1) is 11.0. The Kier molecular flexibility index (Phi) is 4.73. The van der Waals surface area contributed by atoms with Crippen molar-refractivity contribution < 1.29 is 13.2 Å². The number of amides is 1. The summed E-state index contributed by atoms with van der Waals surface area (Å²) in [5, 5.41) is 6.30. The van der Waals surface area contributed by atoms with Gasteiger partial charge in [-0.25, -0.2) is 8.42 Å². The van der Waals surface area contributed by atoms with Crippen molar-refractivity contribution in [2.75, 3.05) is 11.1 Å². The zero-order chi connectivity index (χ0) is 16.4. The van der Waals surface area contributed by atoms with E-state index in [-0.39, 0.29) is 22.6 Å². The van der Waals surface area contributed by atoms with Crippen LogP contribution in [0.15, 0.2) is 29.2 Å². The predicted octanol–water partition coefficient (Wildman–Crippen LogP) is 2.34. The van der Waals surface area contributed by atoms with E-state index in [4.69, 9.17) is 0 Å². The lowest BCUT2D eigenvalue weighted by Crippen LogP contribution is -2.39. The number of rotatable bonds is 4. The van der Waals surface area contributed by atoms with Gasteiger partial charge in [-0.2, -0.15) is 0 Å². The standard InChI is InChI=1S/C17H24N2O3S/c1-2-23(21,22)14-8-5-7-13(11-14)18-17(20)16-10-12-6-3-4-9-15(12)19-16/h5,7-8,11-12,15-16,19H,2-4,6,9-10H2,1H3,(H,18,20)/t12-,15-,16-/m0/s1. The fourth-order valence-electron chi connectivity index (χ4n) is 3.68. The Labute approximate surface area is 137 Å². The zero-order valence-corrected chi connectivity index (χ0v) is 14.2. The van der Waals surface area contributed by atoms with Crippen LogP contribution in [-0.4, -0.2) is 32.2 Å². The minimum atomic E-state index is -3.26. The summed E-state index contributed by atoms with van der Waals surface area (Å²) in [6.45, 7) is 1.62. The number of carbonyl (C=O) groups excluding carboxylic acids is 1.